The van der Waals surface area contributed by atoms with Gasteiger partial charge in [-0.1, -0.05) is 6.07 Å². The minimum absolute atomic E-state index is 0.0119. The van der Waals surface area contributed by atoms with Crippen molar-refractivity contribution in [2.75, 3.05) is 7.11 Å². The zero-order valence-corrected chi connectivity index (χ0v) is 8.79. The van der Waals surface area contributed by atoms with Crippen LogP contribution in [-0.2, 0) is 4.74 Å². The molecular formula is C11H13N3O. The fourth-order valence-corrected chi connectivity index (χ4v) is 1.44. The summed E-state index contributed by atoms with van der Waals surface area (Å²) in [7, 11) is 1.69. The molecule has 2 rings (SSSR count). The van der Waals surface area contributed by atoms with Crippen molar-refractivity contribution in [3.8, 4) is 5.82 Å². The molecule has 0 spiro atoms. The number of nitrogens with zero attached hydrogens (tertiary/aromatic N) is 3. The summed E-state index contributed by atoms with van der Waals surface area (Å²) in [5.74, 6) is 0.817. The molecule has 2 aromatic heterocycles. The largest absolute Gasteiger partial charge is 0.377 e. The maximum absolute atomic E-state index is 5.29. The van der Waals surface area contributed by atoms with Crippen molar-refractivity contribution in [2.45, 2.75) is 13.0 Å². The van der Waals surface area contributed by atoms with Crippen LogP contribution in [0.1, 0.15) is 18.6 Å². The van der Waals surface area contributed by atoms with Crippen molar-refractivity contribution in [1.29, 1.82) is 0 Å². The van der Waals surface area contributed by atoms with Crippen LogP contribution in [0.5, 0.6) is 0 Å². The van der Waals surface area contributed by atoms with Crippen LogP contribution < -0.4 is 0 Å². The van der Waals surface area contributed by atoms with E-state index in [1.807, 2.05) is 31.3 Å². The van der Waals surface area contributed by atoms with E-state index in [2.05, 4.69) is 10.1 Å². The van der Waals surface area contributed by atoms with Gasteiger partial charge in [-0.3, -0.25) is 0 Å². The first-order chi connectivity index (χ1) is 7.33. The smallest absolute Gasteiger partial charge is 0.159 e. The molecule has 15 heavy (non-hydrogen) atoms. The highest BCUT2D eigenvalue weighted by Crippen LogP contribution is 2.20. The zero-order valence-electron chi connectivity index (χ0n) is 8.79. The number of ether oxygens (including phenoxy) is 1. The van der Waals surface area contributed by atoms with Crippen LogP contribution in [0.25, 0.3) is 5.82 Å². The average Bonchev–Trinajstić information content (AvgIpc) is 2.81. The third kappa shape index (κ3) is 1.89. The number of methoxy groups -OCH3 is 1. The predicted molar refractivity (Wildman–Crippen MR) is 56.8 cm³/mol. The summed E-state index contributed by atoms with van der Waals surface area (Å²) in [5, 5.41) is 4.16. The van der Waals surface area contributed by atoms with Gasteiger partial charge in [0.2, 0.25) is 0 Å². The quantitative estimate of drug-likeness (QED) is 0.765. The molecular weight excluding hydrogens is 190 g/mol. The standard InChI is InChI=1S/C11H13N3O/c1-9(15-2)10-5-3-6-12-11(10)14-8-4-7-13-14/h3-9H,1-2H3. The van der Waals surface area contributed by atoms with Crippen LogP contribution in [0.4, 0.5) is 0 Å². The Hall–Kier alpha value is -1.68. The van der Waals surface area contributed by atoms with Crippen LogP contribution in [0.15, 0.2) is 36.8 Å². The lowest BCUT2D eigenvalue weighted by molar-refractivity contribution is 0.119. The van der Waals surface area contributed by atoms with Crippen molar-refractivity contribution in [3.63, 3.8) is 0 Å². The Kier molecular flexibility index (Phi) is 2.78. The lowest BCUT2D eigenvalue weighted by Gasteiger charge is -2.13. The summed E-state index contributed by atoms with van der Waals surface area (Å²) in [4.78, 5) is 4.31. The summed E-state index contributed by atoms with van der Waals surface area (Å²) in [6.45, 7) is 1.99. The van der Waals surface area contributed by atoms with Gasteiger partial charge >= 0.3 is 0 Å². The van der Waals surface area contributed by atoms with Gasteiger partial charge in [0.15, 0.2) is 5.82 Å². The lowest BCUT2D eigenvalue weighted by Crippen LogP contribution is -2.06. The normalized spacial score (nSPS) is 12.7. The summed E-state index contributed by atoms with van der Waals surface area (Å²) in [6, 6.07) is 5.77. The van der Waals surface area contributed by atoms with Crippen LogP contribution >= 0.6 is 0 Å². The third-order valence-corrected chi connectivity index (χ3v) is 2.33. The number of rotatable bonds is 3. The maximum Gasteiger partial charge on any atom is 0.159 e. The van der Waals surface area contributed by atoms with E-state index in [0.29, 0.717) is 0 Å². The molecule has 0 aliphatic carbocycles. The number of aromatic nitrogens is 3. The molecule has 0 aliphatic heterocycles. The SMILES string of the molecule is COC(C)c1cccnc1-n1cccn1. The van der Waals surface area contributed by atoms with Crippen molar-refractivity contribution in [3.05, 3.63) is 42.4 Å². The van der Waals surface area contributed by atoms with Gasteiger partial charge in [0.1, 0.15) is 0 Å². The summed E-state index contributed by atoms with van der Waals surface area (Å²) in [6.07, 6.45) is 5.37. The Morgan fingerprint density at radius 1 is 1.33 bits per heavy atom. The highest BCUT2D eigenvalue weighted by molar-refractivity contribution is 5.34. The molecule has 0 fully saturated rings. The second-order valence-electron chi connectivity index (χ2n) is 3.24. The number of pyridine rings is 1. The number of hydrogen-bond donors (Lipinski definition) is 0. The van der Waals surface area contributed by atoms with Crippen molar-refractivity contribution in [2.24, 2.45) is 0 Å². The minimum atomic E-state index is 0.0119. The van der Waals surface area contributed by atoms with E-state index in [1.165, 1.54) is 0 Å². The zero-order chi connectivity index (χ0) is 10.7. The fourth-order valence-electron chi connectivity index (χ4n) is 1.44. The van der Waals surface area contributed by atoms with E-state index in [0.717, 1.165) is 11.4 Å². The van der Waals surface area contributed by atoms with Gasteiger partial charge in [0, 0.05) is 31.3 Å². The van der Waals surface area contributed by atoms with Crippen LogP contribution in [0.2, 0.25) is 0 Å². The molecule has 0 aliphatic rings. The van der Waals surface area contributed by atoms with Crippen molar-refractivity contribution in [1.82, 2.24) is 14.8 Å². The van der Waals surface area contributed by atoms with Crippen LogP contribution in [-0.4, -0.2) is 21.9 Å². The molecule has 0 saturated carbocycles. The molecule has 4 heteroatoms. The van der Waals surface area contributed by atoms with E-state index >= 15 is 0 Å². The van der Waals surface area contributed by atoms with Gasteiger partial charge in [-0.15, -0.1) is 0 Å². The van der Waals surface area contributed by atoms with E-state index in [-0.39, 0.29) is 6.10 Å². The Morgan fingerprint density at radius 2 is 2.20 bits per heavy atom. The van der Waals surface area contributed by atoms with E-state index in [4.69, 9.17) is 4.74 Å². The molecule has 0 N–H and O–H groups in total. The second-order valence-corrected chi connectivity index (χ2v) is 3.24. The number of hydrogen-bond acceptors (Lipinski definition) is 3. The second kappa shape index (κ2) is 4.23. The Morgan fingerprint density at radius 3 is 2.87 bits per heavy atom. The highest BCUT2D eigenvalue weighted by Gasteiger charge is 2.11. The average molecular weight is 203 g/mol. The van der Waals surface area contributed by atoms with Crippen molar-refractivity contribution < 1.29 is 4.74 Å². The third-order valence-electron chi connectivity index (χ3n) is 2.33. The van der Waals surface area contributed by atoms with Gasteiger partial charge in [0.05, 0.1) is 6.10 Å². The molecule has 0 saturated heterocycles. The van der Waals surface area contributed by atoms with Crippen LogP contribution in [0.3, 0.4) is 0 Å². The van der Waals surface area contributed by atoms with E-state index < -0.39 is 0 Å². The lowest BCUT2D eigenvalue weighted by atomic mass is 10.1. The molecule has 0 bridgehead atoms. The monoisotopic (exact) mass is 203 g/mol. The fraction of sp³-hybridized carbons (Fsp3) is 0.273. The first-order valence-corrected chi connectivity index (χ1v) is 4.80. The van der Waals surface area contributed by atoms with Gasteiger partial charge in [-0.25, -0.2) is 9.67 Å². The first kappa shape index (κ1) is 9.86. The Labute approximate surface area is 88.5 Å². The topological polar surface area (TPSA) is 39.9 Å². The molecule has 0 amide bonds. The molecule has 0 radical (unpaired) electrons. The molecule has 2 heterocycles. The van der Waals surface area contributed by atoms with Gasteiger partial charge < -0.3 is 4.74 Å². The summed E-state index contributed by atoms with van der Waals surface area (Å²) in [5.41, 5.74) is 1.03. The summed E-state index contributed by atoms with van der Waals surface area (Å²) < 4.78 is 7.03. The molecule has 0 aromatic carbocycles. The van der Waals surface area contributed by atoms with Gasteiger partial charge in [0.25, 0.3) is 0 Å². The van der Waals surface area contributed by atoms with Crippen LogP contribution in [0, 0.1) is 0 Å². The molecule has 4 nitrogen and oxygen atoms in total. The van der Waals surface area contributed by atoms with Crippen molar-refractivity contribution >= 4 is 0 Å². The molecule has 1 unspecified atom stereocenters. The summed E-state index contributed by atoms with van der Waals surface area (Å²) >= 11 is 0. The molecule has 1 atom stereocenters. The van der Waals surface area contributed by atoms with E-state index in [9.17, 15) is 0 Å². The minimum Gasteiger partial charge on any atom is -0.377 e. The molecule has 2 aromatic rings. The first-order valence-electron chi connectivity index (χ1n) is 4.80. The Bertz CT molecular complexity index is 425. The highest BCUT2D eigenvalue weighted by atomic mass is 16.5. The van der Waals surface area contributed by atoms with E-state index in [1.54, 1.807) is 24.2 Å². The predicted octanol–water partition coefficient (Wildman–Crippen LogP) is 1.97. The van der Waals surface area contributed by atoms with Gasteiger partial charge in [-0.2, -0.15) is 5.10 Å². The molecule has 78 valence electrons. The Balaban J connectivity index is 2.47. The van der Waals surface area contributed by atoms with Gasteiger partial charge in [-0.05, 0) is 19.1 Å². The maximum atomic E-state index is 5.29.